The summed E-state index contributed by atoms with van der Waals surface area (Å²) >= 11 is 0. The van der Waals surface area contributed by atoms with Gasteiger partial charge < -0.3 is 40.7 Å². The Hall–Kier alpha value is -3.94. The number of aromatic hydroxyl groups is 1. The predicted molar refractivity (Wildman–Crippen MR) is 147 cm³/mol. The second kappa shape index (κ2) is 10.5. The van der Waals surface area contributed by atoms with Crippen LogP contribution in [0.5, 0.6) is 5.75 Å². The van der Waals surface area contributed by atoms with E-state index in [4.69, 9.17) is 10.5 Å². The van der Waals surface area contributed by atoms with Gasteiger partial charge in [-0.1, -0.05) is 0 Å². The number of methoxy groups -OCH3 is 1. The lowest BCUT2D eigenvalue weighted by Crippen LogP contribution is -2.65. The summed E-state index contributed by atoms with van der Waals surface area (Å²) in [5.74, 6) is -8.04. The number of nitrogens with zero attached hydrogens (tertiary/aromatic N) is 3. The van der Waals surface area contributed by atoms with Crippen molar-refractivity contribution >= 4 is 34.8 Å². The van der Waals surface area contributed by atoms with Gasteiger partial charge in [-0.25, -0.2) is 0 Å². The van der Waals surface area contributed by atoms with Gasteiger partial charge in [0.2, 0.25) is 5.78 Å². The van der Waals surface area contributed by atoms with Crippen molar-refractivity contribution in [2.75, 3.05) is 60.4 Å². The summed E-state index contributed by atoms with van der Waals surface area (Å²) < 4.78 is 5.03. The van der Waals surface area contributed by atoms with Gasteiger partial charge in [-0.3, -0.25) is 24.1 Å². The molecule has 0 radical (unpaired) electrons. The summed E-state index contributed by atoms with van der Waals surface area (Å²) in [6.45, 7) is 0.477. The van der Waals surface area contributed by atoms with Crippen molar-refractivity contribution in [3.63, 3.8) is 0 Å². The van der Waals surface area contributed by atoms with Crippen LogP contribution in [0.25, 0.3) is 5.76 Å². The van der Waals surface area contributed by atoms with Crippen LogP contribution in [0.1, 0.15) is 27.9 Å². The summed E-state index contributed by atoms with van der Waals surface area (Å²) in [6.07, 6.45) is 0.0867. The van der Waals surface area contributed by atoms with E-state index in [2.05, 4.69) is 0 Å². The van der Waals surface area contributed by atoms with Gasteiger partial charge in [0, 0.05) is 52.0 Å². The number of amides is 2. The van der Waals surface area contributed by atoms with E-state index in [-0.39, 0.29) is 42.7 Å². The van der Waals surface area contributed by atoms with Crippen LogP contribution in [-0.2, 0) is 25.5 Å². The third-order valence-electron chi connectivity index (χ3n) is 8.39. The number of rotatable bonds is 7. The van der Waals surface area contributed by atoms with Crippen molar-refractivity contribution in [3.05, 3.63) is 39.7 Å². The Kier molecular flexibility index (Phi) is 7.67. The number of hydrogen-bond donors (Lipinski definition) is 5. The van der Waals surface area contributed by atoms with Gasteiger partial charge in [-0.05, 0) is 44.5 Å². The Labute approximate surface area is 237 Å². The number of nitrogens with two attached hydrogens (primary N) is 1. The van der Waals surface area contributed by atoms with Crippen LogP contribution >= 0.6 is 0 Å². The Bertz CT molecular complexity index is 1410. The largest absolute Gasteiger partial charge is 0.508 e. The highest BCUT2D eigenvalue weighted by Gasteiger charge is 2.64. The van der Waals surface area contributed by atoms with E-state index in [1.165, 1.54) is 44.1 Å². The lowest BCUT2D eigenvalue weighted by atomic mass is 9.57. The Morgan fingerprint density at radius 2 is 1.76 bits per heavy atom. The second-order valence-electron chi connectivity index (χ2n) is 11.2. The van der Waals surface area contributed by atoms with E-state index in [1.54, 1.807) is 19.0 Å². The van der Waals surface area contributed by atoms with Crippen LogP contribution in [0, 0.1) is 11.8 Å². The summed E-state index contributed by atoms with van der Waals surface area (Å²) in [5.41, 5.74) is 2.18. The van der Waals surface area contributed by atoms with Gasteiger partial charge >= 0.3 is 0 Å². The number of fused-ring (bicyclic) bond motifs is 3. The van der Waals surface area contributed by atoms with Gasteiger partial charge in [0.05, 0.1) is 23.8 Å². The number of carbonyl (C=O) groups excluding carboxylic acids is 4. The van der Waals surface area contributed by atoms with Gasteiger partial charge in [0.25, 0.3) is 11.8 Å². The molecule has 3 aliphatic rings. The standard InChI is InChI=1S/C28H36N4O9/c1-30(2)16-11-14(27(39)32(5)7-8-41-6)21(33)18-13(16)9-12-10-15-20(31(3)4)23(35)19(26(29)38)25(37)28(15,40)24(36)17(12)22(18)34/h11-12,15,20,33-34,37,40H,7-10H2,1-6H3,(H2,29,38)/t12-,15-,20-,28-/m0/s1. The van der Waals surface area contributed by atoms with Crippen molar-refractivity contribution in [3.8, 4) is 5.75 Å². The Balaban J connectivity index is 1.96. The van der Waals surface area contributed by atoms with E-state index in [1.807, 2.05) is 0 Å². The number of likely N-dealkylation sites (N-methyl/N-ethyl adjacent to an activating group) is 2. The summed E-state index contributed by atoms with van der Waals surface area (Å²) in [5, 5.41) is 45.6. The third kappa shape index (κ3) is 4.35. The number of aliphatic hydroxyl groups is 3. The van der Waals surface area contributed by atoms with Crippen molar-refractivity contribution in [1.82, 2.24) is 9.80 Å². The molecule has 2 amide bonds. The fraction of sp³-hybridized carbons (Fsp3) is 0.500. The minimum Gasteiger partial charge on any atom is -0.508 e. The smallest absolute Gasteiger partial charge is 0.257 e. The van der Waals surface area contributed by atoms with Crippen LogP contribution in [-0.4, -0.2) is 121 Å². The maximum absolute atomic E-state index is 14.0. The summed E-state index contributed by atoms with van der Waals surface area (Å²) in [4.78, 5) is 57.2. The van der Waals surface area contributed by atoms with Gasteiger partial charge in [-0.2, -0.15) is 0 Å². The minimum absolute atomic E-state index is 0.0279. The summed E-state index contributed by atoms with van der Waals surface area (Å²) in [6, 6.07) is 0.344. The lowest BCUT2D eigenvalue weighted by Gasteiger charge is -2.50. The van der Waals surface area contributed by atoms with E-state index >= 15 is 0 Å². The molecule has 41 heavy (non-hydrogen) atoms. The number of ketones is 2. The second-order valence-corrected chi connectivity index (χ2v) is 11.2. The maximum Gasteiger partial charge on any atom is 0.257 e. The molecule has 0 aliphatic heterocycles. The molecule has 1 aromatic carbocycles. The summed E-state index contributed by atoms with van der Waals surface area (Å²) in [7, 11) is 9.55. The number of primary amides is 1. The van der Waals surface area contributed by atoms with Crippen molar-refractivity contribution in [2.45, 2.75) is 24.5 Å². The Morgan fingerprint density at radius 1 is 1.12 bits per heavy atom. The lowest BCUT2D eigenvalue weighted by molar-refractivity contribution is -0.153. The normalized spacial score (nSPS) is 25.6. The first-order chi connectivity index (χ1) is 19.1. The number of Topliss-reactive ketones (excluding diaryl/α,β-unsaturated/α-hetero) is 2. The topological polar surface area (TPSA) is 194 Å². The number of carbonyl (C=O) groups is 4. The zero-order chi connectivity index (χ0) is 30.7. The first kappa shape index (κ1) is 30.0. The average Bonchev–Trinajstić information content (AvgIpc) is 2.88. The highest BCUT2D eigenvalue weighted by atomic mass is 16.5. The number of anilines is 1. The number of benzene rings is 1. The number of phenolic OH excluding ortho intramolecular Hbond substituents is 1. The maximum atomic E-state index is 14.0. The van der Waals surface area contributed by atoms with E-state index in [0.29, 0.717) is 11.3 Å². The monoisotopic (exact) mass is 572 g/mol. The van der Waals surface area contributed by atoms with E-state index in [9.17, 15) is 39.6 Å². The first-order valence-corrected chi connectivity index (χ1v) is 13.1. The molecule has 0 aromatic heterocycles. The zero-order valence-corrected chi connectivity index (χ0v) is 23.9. The molecule has 0 bridgehead atoms. The average molecular weight is 573 g/mol. The van der Waals surface area contributed by atoms with Crippen LogP contribution in [0.4, 0.5) is 5.69 Å². The quantitative estimate of drug-likeness (QED) is 0.270. The van der Waals surface area contributed by atoms with Gasteiger partial charge in [0.15, 0.2) is 11.4 Å². The molecule has 222 valence electrons. The molecule has 13 heteroatoms. The van der Waals surface area contributed by atoms with Gasteiger partial charge in [0.1, 0.15) is 22.8 Å². The third-order valence-corrected chi connectivity index (χ3v) is 8.39. The highest BCUT2D eigenvalue weighted by Crippen LogP contribution is 2.54. The molecule has 0 unspecified atom stereocenters. The van der Waals surface area contributed by atoms with Crippen molar-refractivity contribution in [1.29, 1.82) is 0 Å². The van der Waals surface area contributed by atoms with Gasteiger partial charge in [-0.15, -0.1) is 0 Å². The van der Waals surface area contributed by atoms with Crippen molar-refractivity contribution < 1.29 is 44.3 Å². The molecule has 0 heterocycles. The van der Waals surface area contributed by atoms with E-state index in [0.717, 1.165) is 0 Å². The molecule has 0 spiro atoms. The van der Waals surface area contributed by atoms with Crippen LogP contribution in [0.2, 0.25) is 0 Å². The molecule has 4 rings (SSSR count). The fourth-order valence-electron chi connectivity index (χ4n) is 6.39. The molecule has 6 N–H and O–H groups in total. The van der Waals surface area contributed by atoms with Crippen molar-refractivity contribution in [2.24, 2.45) is 17.6 Å². The molecule has 13 nitrogen and oxygen atoms in total. The molecular formula is C28H36N4O9. The van der Waals surface area contributed by atoms with E-state index < -0.39 is 69.7 Å². The predicted octanol–water partition coefficient (Wildman–Crippen LogP) is -0.252. The highest BCUT2D eigenvalue weighted by molar-refractivity contribution is 6.24. The molecule has 4 atom stereocenters. The zero-order valence-electron chi connectivity index (χ0n) is 23.9. The molecule has 0 saturated heterocycles. The van der Waals surface area contributed by atoms with Crippen LogP contribution < -0.4 is 10.6 Å². The Morgan fingerprint density at radius 3 is 2.29 bits per heavy atom. The number of ether oxygens (including phenoxy) is 1. The fourth-order valence-corrected chi connectivity index (χ4v) is 6.39. The molecule has 1 fully saturated rings. The molecule has 1 saturated carbocycles. The number of hydrogen-bond acceptors (Lipinski definition) is 11. The van der Waals surface area contributed by atoms with Crippen LogP contribution in [0.3, 0.4) is 0 Å². The van der Waals surface area contributed by atoms with Crippen LogP contribution in [0.15, 0.2) is 23.0 Å². The molecule has 1 aromatic rings. The number of aliphatic hydroxyl groups excluding tert-OH is 2. The molecular weight excluding hydrogens is 536 g/mol. The molecule has 3 aliphatic carbocycles. The minimum atomic E-state index is -2.74. The SMILES string of the molecule is COCCN(C)C(=O)c1cc(N(C)C)c2c(c1O)C(O)=C1C(=O)[C@]3(O)C(O)=C(C(N)=O)C(=O)[C@@H](N(C)C)[C@@H]3C[C@@H]1C2. The number of phenols is 1. The first-order valence-electron chi connectivity index (χ1n) is 13.1.